The van der Waals surface area contributed by atoms with Gasteiger partial charge in [0.25, 0.3) is 0 Å². The predicted molar refractivity (Wildman–Crippen MR) is 96.7 cm³/mol. The van der Waals surface area contributed by atoms with E-state index in [0.717, 1.165) is 38.5 Å². The molecule has 2 atom stereocenters. The molecular weight excluding hydrogens is 312 g/mol. The molecule has 0 saturated carbocycles. The molecule has 0 aliphatic rings. The van der Waals surface area contributed by atoms with Crippen LogP contribution in [-0.2, 0) is 19.1 Å². The maximum absolute atomic E-state index is 11.9. The van der Waals surface area contributed by atoms with Gasteiger partial charge in [-0.2, -0.15) is 0 Å². The Morgan fingerprint density at radius 1 is 0.739 bits per heavy atom. The summed E-state index contributed by atoms with van der Waals surface area (Å²) < 4.78 is 10.5. The fraction of sp³-hybridized carbons (Fsp3) is 0.889. The van der Waals surface area contributed by atoms with Gasteiger partial charge in [0.2, 0.25) is 0 Å². The quantitative estimate of drug-likeness (QED) is 0.336. The summed E-state index contributed by atoms with van der Waals surface area (Å²) in [6.45, 7) is 8.80. The summed E-state index contributed by atoms with van der Waals surface area (Å²) in [6.07, 6.45) is 8.67. The van der Waals surface area contributed by atoms with Gasteiger partial charge in [-0.15, -0.1) is 11.8 Å². The van der Waals surface area contributed by atoms with E-state index in [4.69, 9.17) is 9.47 Å². The third-order valence-electron chi connectivity index (χ3n) is 3.56. The van der Waals surface area contributed by atoms with Crippen LogP contribution in [-0.4, -0.2) is 35.7 Å². The van der Waals surface area contributed by atoms with E-state index in [-0.39, 0.29) is 22.4 Å². The van der Waals surface area contributed by atoms with Gasteiger partial charge in [0.05, 0.1) is 13.2 Å². The second-order valence-electron chi connectivity index (χ2n) is 5.88. The third-order valence-corrected chi connectivity index (χ3v) is 4.76. The molecule has 0 amide bonds. The Bertz CT molecular complexity index is 290. The zero-order valence-electron chi connectivity index (χ0n) is 15.3. The second kappa shape index (κ2) is 14.9. The van der Waals surface area contributed by atoms with Gasteiger partial charge in [-0.3, -0.25) is 9.59 Å². The third kappa shape index (κ3) is 12.4. The van der Waals surface area contributed by atoms with E-state index < -0.39 is 0 Å². The molecule has 0 aromatic heterocycles. The van der Waals surface area contributed by atoms with Crippen LogP contribution in [0.15, 0.2) is 0 Å². The maximum Gasteiger partial charge on any atom is 0.318 e. The molecule has 0 fully saturated rings. The normalized spacial score (nSPS) is 13.4. The van der Waals surface area contributed by atoms with Gasteiger partial charge in [0.15, 0.2) is 0 Å². The molecule has 0 spiro atoms. The molecule has 0 radical (unpaired) electrons. The lowest BCUT2D eigenvalue weighted by Gasteiger charge is -2.15. The minimum atomic E-state index is -0.344. The minimum Gasteiger partial charge on any atom is -0.465 e. The summed E-state index contributed by atoms with van der Waals surface area (Å²) in [4.78, 5) is 23.7. The first-order valence-corrected chi connectivity index (χ1v) is 9.95. The van der Waals surface area contributed by atoms with E-state index in [1.54, 1.807) is 13.8 Å². The highest BCUT2D eigenvalue weighted by molar-refractivity contribution is 8.01. The van der Waals surface area contributed by atoms with E-state index in [2.05, 4.69) is 13.8 Å². The molecule has 23 heavy (non-hydrogen) atoms. The molecule has 0 rings (SSSR count). The molecule has 2 unspecified atom stereocenters. The molecule has 0 aromatic rings. The van der Waals surface area contributed by atoms with Crippen LogP contribution >= 0.6 is 11.8 Å². The molecule has 5 heteroatoms. The van der Waals surface area contributed by atoms with Gasteiger partial charge < -0.3 is 9.47 Å². The van der Waals surface area contributed by atoms with Crippen LogP contribution in [0.2, 0.25) is 0 Å². The maximum atomic E-state index is 11.9. The summed E-state index contributed by atoms with van der Waals surface area (Å²) in [7, 11) is 0. The fourth-order valence-electron chi connectivity index (χ4n) is 2.06. The number of unbranched alkanes of at least 4 members (excludes halogenated alkanes) is 6. The average molecular weight is 347 g/mol. The van der Waals surface area contributed by atoms with Crippen molar-refractivity contribution in [2.24, 2.45) is 0 Å². The number of carbonyl (C=O) groups is 2. The fourth-order valence-corrected chi connectivity index (χ4v) is 3.03. The highest BCUT2D eigenvalue weighted by Gasteiger charge is 2.23. The Labute approximate surface area is 146 Å². The first-order valence-electron chi connectivity index (χ1n) is 9.01. The molecule has 136 valence electrons. The van der Waals surface area contributed by atoms with Crippen LogP contribution in [0.4, 0.5) is 0 Å². The van der Waals surface area contributed by atoms with Crippen molar-refractivity contribution in [1.82, 2.24) is 0 Å². The SMILES string of the molecule is CCCCCCOC(=O)C(C)SC(C)C(=O)OCCCCCC. The summed E-state index contributed by atoms with van der Waals surface area (Å²) in [5, 5.41) is -0.687. The van der Waals surface area contributed by atoms with Gasteiger partial charge in [0, 0.05) is 0 Å². The van der Waals surface area contributed by atoms with Crippen LogP contribution in [0.3, 0.4) is 0 Å². The van der Waals surface area contributed by atoms with Crippen LogP contribution in [0, 0.1) is 0 Å². The van der Waals surface area contributed by atoms with E-state index >= 15 is 0 Å². The number of hydrogen-bond acceptors (Lipinski definition) is 5. The zero-order valence-corrected chi connectivity index (χ0v) is 16.1. The topological polar surface area (TPSA) is 52.6 Å². The monoisotopic (exact) mass is 346 g/mol. The predicted octanol–water partition coefficient (Wildman–Crippen LogP) is 4.74. The van der Waals surface area contributed by atoms with Gasteiger partial charge >= 0.3 is 11.9 Å². The summed E-state index contributed by atoms with van der Waals surface area (Å²) in [6, 6.07) is 0. The van der Waals surface area contributed by atoms with Crippen molar-refractivity contribution < 1.29 is 19.1 Å². The molecule has 0 heterocycles. The van der Waals surface area contributed by atoms with Crippen LogP contribution in [0.5, 0.6) is 0 Å². The van der Waals surface area contributed by atoms with E-state index in [0.29, 0.717) is 13.2 Å². The minimum absolute atomic E-state index is 0.242. The summed E-state index contributed by atoms with van der Waals surface area (Å²) in [5.74, 6) is -0.483. The van der Waals surface area contributed by atoms with E-state index in [1.165, 1.54) is 24.6 Å². The Kier molecular flexibility index (Phi) is 14.4. The molecule has 0 aromatic carbocycles. The molecule has 0 bridgehead atoms. The molecule has 0 aliphatic carbocycles. The van der Waals surface area contributed by atoms with Gasteiger partial charge in [-0.1, -0.05) is 52.4 Å². The van der Waals surface area contributed by atoms with Crippen molar-refractivity contribution in [2.45, 2.75) is 89.6 Å². The van der Waals surface area contributed by atoms with Crippen molar-refractivity contribution in [3.8, 4) is 0 Å². The number of esters is 2. The van der Waals surface area contributed by atoms with Crippen LogP contribution < -0.4 is 0 Å². The number of rotatable bonds is 14. The number of hydrogen-bond donors (Lipinski definition) is 0. The molecule has 0 N–H and O–H groups in total. The lowest BCUT2D eigenvalue weighted by Crippen LogP contribution is -2.25. The number of ether oxygens (including phenoxy) is 2. The first-order chi connectivity index (χ1) is 11.0. The molecule has 4 nitrogen and oxygen atoms in total. The number of carbonyl (C=O) groups excluding carboxylic acids is 2. The van der Waals surface area contributed by atoms with Crippen molar-refractivity contribution in [1.29, 1.82) is 0 Å². The second-order valence-corrected chi connectivity index (χ2v) is 7.56. The first kappa shape index (κ1) is 22.3. The lowest BCUT2D eigenvalue weighted by atomic mass is 10.2. The Morgan fingerprint density at radius 3 is 1.48 bits per heavy atom. The number of thioether (sulfide) groups is 1. The van der Waals surface area contributed by atoms with Gasteiger partial charge in [-0.25, -0.2) is 0 Å². The highest BCUT2D eigenvalue weighted by atomic mass is 32.2. The van der Waals surface area contributed by atoms with E-state index in [9.17, 15) is 9.59 Å². The lowest BCUT2D eigenvalue weighted by molar-refractivity contribution is -0.142. The molecule has 0 aliphatic heterocycles. The average Bonchev–Trinajstić information content (AvgIpc) is 2.53. The van der Waals surface area contributed by atoms with Crippen molar-refractivity contribution in [3.63, 3.8) is 0 Å². The molecular formula is C18H34O4S. The Morgan fingerprint density at radius 2 is 1.13 bits per heavy atom. The van der Waals surface area contributed by atoms with Crippen molar-refractivity contribution in [2.75, 3.05) is 13.2 Å². The van der Waals surface area contributed by atoms with Gasteiger partial charge in [-0.05, 0) is 26.7 Å². The van der Waals surface area contributed by atoms with E-state index in [1.807, 2.05) is 0 Å². The van der Waals surface area contributed by atoms with Crippen molar-refractivity contribution in [3.05, 3.63) is 0 Å². The standard InChI is InChI=1S/C18H34O4S/c1-5-7-9-11-13-21-17(19)15(3)23-16(4)18(20)22-14-12-10-8-6-2/h15-16H,5-14H2,1-4H3. The Balaban J connectivity index is 3.82. The summed E-state index contributed by atoms with van der Waals surface area (Å²) in [5.41, 5.74) is 0. The Hall–Kier alpha value is -0.710. The highest BCUT2D eigenvalue weighted by Crippen LogP contribution is 2.20. The zero-order chi connectivity index (χ0) is 17.5. The molecule has 0 saturated heterocycles. The van der Waals surface area contributed by atoms with Crippen LogP contribution in [0.1, 0.15) is 79.1 Å². The van der Waals surface area contributed by atoms with Crippen LogP contribution in [0.25, 0.3) is 0 Å². The largest absolute Gasteiger partial charge is 0.465 e. The van der Waals surface area contributed by atoms with Gasteiger partial charge in [0.1, 0.15) is 10.5 Å². The van der Waals surface area contributed by atoms with Crippen molar-refractivity contribution >= 4 is 23.7 Å². The summed E-state index contributed by atoms with van der Waals surface area (Å²) >= 11 is 1.30. The smallest absolute Gasteiger partial charge is 0.318 e.